The van der Waals surface area contributed by atoms with Crippen molar-refractivity contribution in [1.82, 2.24) is 0 Å². The molecule has 6 heteroatoms. The van der Waals surface area contributed by atoms with Crippen molar-refractivity contribution in [2.75, 3.05) is 11.9 Å². The summed E-state index contributed by atoms with van der Waals surface area (Å²) in [5.74, 6) is 0.0345. The lowest BCUT2D eigenvalue weighted by molar-refractivity contribution is -0.112. The Kier molecular flexibility index (Phi) is 7.60. The van der Waals surface area contributed by atoms with Gasteiger partial charge in [-0.1, -0.05) is 42.5 Å². The Labute approximate surface area is 186 Å². The van der Waals surface area contributed by atoms with Crippen molar-refractivity contribution in [3.8, 4) is 17.6 Å². The maximum atomic E-state index is 13.9. The zero-order chi connectivity index (χ0) is 22.9. The van der Waals surface area contributed by atoms with Crippen LogP contribution in [-0.2, 0) is 11.4 Å². The molecule has 3 rings (SSSR count). The Hall–Kier alpha value is -4.11. The van der Waals surface area contributed by atoms with Crippen LogP contribution in [0.15, 0.2) is 72.3 Å². The Morgan fingerprint density at radius 3 is 2.53 bits per heavy atom. The zero-order valence-corrected chi connectivity index (χ0v) is 17.9. The van der Waals surface area contributed by atoms with Crippen LogP contribution in [0, 0.1) is 24.1 Å². The minimum atomic E-state index is -0.500. The Bertz CT molecular complexity index is 1180. The molecule has 1 N–H and O–H groups in total. The maximum Gasteiger partial charge on any atom is 0.266 e. The van der Waals surface area contributed by atoms with Gasteiger partial charge < -0.3 is 14.8 Å². The summed E-state index contributed by atoms with van der Waals surface area (Å²) in [6, 6.07) is 20.7. The van der Waals surface area contributed by atoms with Crippen molar-refractivity contribution < 1.29 is 18.7 Å². The smallest absolute Gasteiger partial charge is 0.266 e. The summed E-state index contributed by atoms with van der Waals surface area (Å²) >= 11 is 0. The second-order valence-corrected chi connectivity index (χ2v) is 6.96. The normalized spacial score (nSPS) is 10.9. The number of benzene rings is 3. The lowest BCUT2D eigenvalue weighted by atomic mass is 10.1. The summed E-state index contributed by atoms with van der Waals surface area (Å²) in [6.45, 7) is 4.14. The van der Waals surface area contributed by atoms with E-state index in [1.165, 1.54) is 12.1 Å². The van der Waals surface area contributed by atoms with E-state index in [-0.39, 0.29) is 18.0 Å². The predicted molar refractivity (Wildman–Crippen MR) is 122 cm³/mol. The molecule has 0 aliphatic rings. The van der Waals surface area contributed by atoms with Crippen LogP contribution < -0.4 is 14.8 Å². The van der Waals surface area contributed by atoms with Gasteiger partial charge in [-0.25, -0.2) is 4.39 Å². The lowest BCUT2D eigenvalue weighted by Gasteiger charge is -2.13. The fourth-order valence-electron chi connectivity index (χ4n) is 2.99. The first-order valence-electron chi connectivity index (χ1n) is 10.1. The van der Waals surface area contributed by atoms with Crippen molar-refractivity contribution >= 4 is 17.7 Å². The average Bonchev–Trinajstić information content (AvgIpc) is 2.79. The van der Waals surface area contributed by atoms with E-state index in [4.69, 9.17) is 9.47 Å². The van der Waals surface area contributed by atoms with Gasteiger partial charge in [0, 0.05) is 11.3 Å². The predicted octanol–water partition coefficient (Wildman–Crippen LogP) is 5.66. The molecule has 3 aromatic rings. The molecule has 1 amide bonds. The fourth-order valence-corrected chi connectivity index (χ4v) is 2.99. The topological polar surface area (TPSA) is 71.3 Å². The van der Waals surface area contributed by atoms with Crippen LogP contribution in [0.4, 0.5) is 10.1 Å². The second-order valence-electron chi connectivity index (χ2n) is 6.96. The number of nitriles is 1. The van der Waals surface area contributed by atoms with Gasteiger partial charge in [0.1, 0.15) is 24.1 Å². The zero-order valence-electron chi connectivity index (χ0n) is 17.9. The van der Waals surface area contributed by atoms with E-state index < -0.39 is 5.91 Å². The molecule has 0 saturated heterocycles. The van der Waals surface area contributed by atoms with Gasteiger partial charge in [-0.3, -0.25) is 4.79 Å². The number of anilines is 1. The van der Waals surface area contributed by atoms with Crippen molar-refractivity contribution in [3.63, 3.8) is 0 Å². The number of nitrogens with one attached hydrogen (secondary N) is 1. The quantitative estimate of drug-likeness (QED) is 0.370. The SMILES string of the molecule is CCOc1cc(/C=C(/C#N)C(=O)Nc2ccccc2C)ccc1OCc1ccccc1F. The minimum Gasteiger partial charge on any atom is -0.490 e. The van der Waals surface area contributed by atoms with Crippen LogP contribution in [0.25, 0.3) is 6.08 Å². The third kappa shape index (κ3) is 5.73. The summed E-state index contributed by atoms with van der Waals surface area (Å²) in [5.41, 5.74) is 2.52. The van der Waals surface area contributed by atoms with Gasteiger partial charge >= 0.3 is 0 Å². The van der Waals surface area contributed by atoms with Gasteiger partial charge in [0.2, 0.25) is 0 Å². The number of ether oxygens (including phenoxy) is 2. The monoisotopic (exact) mass is 430 g/mol. The third-order valence-electron chi connectivity index (χ3n) is 4.68. The van der Waals surface area contributed by atoms with Crippen LogP contribution in [0.1, 0.15) is 23.6 Å². The molecule has 0 unspecified atom stereocenters. The molecule has 0 saturated carbocycles. The summed E-state index contributed by atoms with van der Waals surface area (Å²) in [4.78, 5) is 12.6. The number of carbonyl (C=O) groups is 1. The maximum absolute atomic E-state index is 13.9. The lowest BCUT2D eigenvalue weighted by Crippen LogP contribution is -2.14. The molecule has 32 heavy (non-hydrogen) atoms. The van der Waals surface area contributed by atoms with Crippen molar-refractivity contribution in [2.24, 2.45) is 0 Å². The highest BCUT2D eigenvalue weighted by atomic mass is 19.1. The molecule has 3 aromatic carbocycles. The van der Waals surface area contributed by atoms with Crippen molar-refractivity contribution in [1.29, 1.82) is 5.26 Å². The largest absolute Gasteiger partial charge is 0.490 e. The first-order valence-corrected chi connectivity index (χ1v) is 10.1. The van der Waals surface area contributed by atoms with Gasteiger partial charge in [-0.2, -0.15) is 5.26 Å². The average molecular weight is 430 g/mol. The van der Waals surface area contributed by atoms with E-state index in [1.54, 1.807) is 42.5 Å². The molecule has 0 radical (unpaired) electrons. The Morgan fingerprint density at radius 1 is 1.06 bits per heavy atom. The highest BCUT2D eigenvalue weighted by molar-refractivity contribution is 6.10. The highest BCUT2D eigenvalue weighted by Crippen LogP contribution is 2.30. The van der Waals surface area contributed by atoms with Crippen LogP contribution in [0.2, 0.25) is 0 Å². The number of carbonyl (C=O) groups excluding carboxylic acids is 1. The molecule has 0 bridgehead atoms. The first kappa shape index (κ1) is 22.6. The van der Waals surface area contributed by atoms with Gasteiger partial charge in [-0.15, -0.1) is 0 Å². The van der Waals surface area contributed by atoms with E-state index in [0.717, 1.165) is 5.56 Å². The third-order valence-corrected chi connectivity index (χ3v) is 4.68. The van der Waals surface area contributed by atoms with E-state index in [0.29, 0.717) is 34.9 Å². The minimum absolute atomic E-state index is 0.0456. The number of hydrogen-bond donors (Lipinski definition) is 1. The van der Waals surface area contributed by atoms with Crippen LogP contribution in [-0.4, -0.2) is 12.5 Å². The molecule has 0 fully saturated rings. The van der Waals surface area contributed by atoms with E-state index in [1.807, 2.05) is 38.1 Å². The summed E-state index contributed by atoms with van der Waals surface area (Å²) in [5, 5.41) is 12.3. The summed E-state index contributed by atoms with van der Waals surface area (Å²) in [6.07, 6.45) is 1.48. The van der Waals surface area contributed by atoms with E-state index in [9.17, 15) is 14.4 Å². The van der Waals surface area contributed by atoms with Gasteiger partial charge in [0.25, 0.3) is 5.91 Å². The molecule has 0 aliphatic heterocycles. The number of amides is 1. The Balaban J connectivity index is 1.80. The molecule has 5 nitrogen and oxygen atoms in total. The molecular formula is C26H23FN2O3. The molecule has 0 spiro atoms. The molecule has 0 heterocycles. The molecule has 162 valence electrons. The van der Waals surface area contributed by atoms with Crippen LogP contribution >= 0.6 is 0 Å². The standard InChI is InChI=1S/C26H23FN2O3/c1-3-31-25-15-19(12-13-24(25)32-17-20-9-5-6-10-22(20)27)14-21(16-28)26(30)29-23-11-7-4-8-18(23)2/h4-15H,3,17H2,1-2H3,(H,29,30)/b21-14-. The molecular weight excluding hydrogens is 407 g/mol. The van der Waals surface area contributed by atoms with Crippen molar-refractivity contribution in [2.45, 2.75) is 20.5 Å². The molecule has 0 aromatic heterocycles. The molecule has 0 aliphatic carbocycles. The van der Waals surface area contributed by atoms with E-state index >= 15 is 0 Å². The number of nitrogens with zero attached hydrogens (tertiary/aromatic N) is 1. The summed E-state index contributed by atoms with van der Waals surface area (Å²) in [7, 11) is 0. The van der Waals surface area contributed by atoms with Crippen LogP contribution in [0.3, 0.4) is 0 Å². The second kappa shape index (κ2) is 10.8. The fraction of sp³-hybridized carbons (Fsp3) is 0.154. The van der Waals surface area contributed by atoms with Gasteiger partial charge in [-0.05, 0) is 55.3 Å². The number of para-hydroxylation sites is 1. The van der Waals surface area contributed by atoms with Crippen LogP contribution in [0.5, 0.6) is 11.5 Å². The number of rotatable bonds is 8. The van der Waals surface area contributed by atoms with Gasteiger partial charge in [0.05, 0.1) is 6.61 Å². The highest BCUT2D eigenvalue weighted by Gasteiger charge is 2.13. The summed E-state index contributed by atoms with van der Waals surface area (Å²) < 4.78 is 25.3. The number of aryl methyl sites for hydroxylation is 1. The Morgan fingerprint density at radius 2 is 1.81 bits per heavy atom. The number of halogens is 1. The van der Waals surface area contributed by atoms with Crippen molar-refractivity contribution in [3.05, 3.63) is 94.8 Å². The first-order chi connectivity index (χ1) is 15.5. The molecule has 0 atom stereocenters. The van der Waals surface area contributed by atoms with Gasteiger partial charge in [0.15, 0.2) is 11.5 Å². The number of hydrogen-bond acceptors (Lipinski definition) is 4. The van der Waals surface area contributed by atoms with E-state index in [2.05, 4.69) is 5.32 Å².